The number of rotatable bonds is 10. The molecule has 0 aliphatic heterocycles. The predicted octanol–water partition coefficient (Wildman–Crippen LogP) is 3.33. The lowest BCUT2D eigenvalue weighted by Crippen LogP contribution is -2.30. The molecule has 0 aromatic heterocycles. The van der Waals surface area contributed by atoms with Crippen LogP contribution in [0.4, 0.5) is 4.39 Å². The Morgan fingerprint density at radius 2 is 1.70 bits per heavy atom. The zero-order valence-corrected chi connectivity index (χ0v) is 15.0. The molecule has 27 heavy (non-hydrogen) atoms. The molecule has 0 aliphatic carbocycles. The summed E-state index contributed by atoms with van der Waals surface area (Å²) in [5.74, 6) is -0.357. The van der Waals surface area contributed by atoms with E-state index in [-0.39, 0.29) is 18.7 Å². The first-order valence-electron chi connectivity index (χ1n) is 8.51. The Balaban J connectivity index is 1.80. The molecule has 2 aromatic carbocycles. The van der Waals surface area contributed by atoms with Crippen LogP contribution in [0.2, 0.25) is 0 Å². The van der Waals surface area contributed by atoms with Gasteiger partial charge in [0.05, 0.1) is 26.2 Å². The van der Waals surface area contributed by atoms with Gasteiger partial charge in [0.1, 0.15) is 17.3 Å². The first-order valence-corrected chi connectivity index (χ1v) is 8.51. The standard InChI is InChI=1S/C20H22FNO5/c1-26-16-8-10-17(11-9-16)27-12-2-3-19(23)22-18(13-20(24)25)14-4-6-15(21)7-5-14/h4-11,18H,2-3,12-13H2,1H3,(H,22,23)(H,24,25). The van der Waals surface area contributed by atoms with Crippen LogP contribution in [0, 0.1) is 5.82 Å². The second-order valence-electron chi connectivity index (χ2n) is 5.90. The van der Waals surface area contributed by atoms with Crippen molar-refractivity contribution >= 4 is 11.9 Å². The first-order chi connectivity index (χ1) is 13.0. The topological polar surface area (TPSA) is 84.9 Å². The van der Waals surface area contributed by atoms with Crippen LogP contribution in [0.1, 0.15) is 30.9 Å². The van der Waals surface area contributed by atoms with Crippen LogP contribution in [-0.2, 0) is 9.59 Å². The maximum absolute atomic E-state index is 13.0. The first kappa shape index (κ1) is 20.2. The molecule has 0 spiro atoms. The van der Waals surface area contributed by atoms with Crippen molar-refractivity contribution in [1.29, 1.82) is 0 Å². The van der Waals surface area contributed by atoms with Crippen molar-refractivity contribution in [1.82, 2.24) is 5.32 Å². The molecule has 2 rings (SSSR count). The molecule has 0 saturated carbocycles. The average molecular weight is 375 g/mol. The van der Waals surface area contributed by atoms with Crippen molar-refractivity contribution in [2.45, 2.75) is 25.3 Å². The summed E-state index contributed by atoms with van der Waals surface area (Å²) in [6, 6.07) is 11.8. The van der Waals surface area contributed by atoms with E-state index < -0.39 is 17.8 Å². The fraction of sp³-hybridized carbons (Fsp3) is 0.300. The van der Waals surface area contributed by atoms with Gasteiger partial charge in [0.15, 0.2) is 0 Å². The fourth-order valence-corrected chi connectivity index (χ4v) is 2.48. The number of carbonyl (C=O) groups is 2. The summed E-state index contributed by atoms with van der Waals surface area (Å²) in [6.07, 6.45) is 0.383. The monoisotopic (exact) mass is 375 g/mol. The Morgan fingerprint density at radius 3 is 2.30 bits per heavy atom. The molecular weight excluding hydrogens is 353 g/mol. The number of hydrogen-bond donors (Lipinski definition) is 2. The zero-order chi connectivity index (χ0) is 19.6. The number of hydrogen-bond acceptors (Lipinski definition) is 4. The third-order valence-electron chi connectivity index (χ3n) is 3.86. The molecule has 0 fully saturated rings. The smallest absolute Gasteiger partial charge is 0.305 e. The van der Waals surface area contributed by atoms with Gasteiger partial charge in [0, 0.05) is 6.42 Å². The van der Waals surface area contributed by atoms with Gasteiger partial charge in [-0.1, -0.05) is 12.1 Å². The predicted molar refractivity (Wildman–Crippen MR) is 97.3 cm³/mol. The van der Waals surface area contributed by atoms with E-state index >= 15 is 0 Å². The van der Waals surface area contributed by atoms with E-state index in [9.17, 15) is 14.0 Å². The summed E-state index contributed by atoms with van der Waals surface area (Å²) in [7, 11) is 1.58. The number of benzene rings is 2. The average Bonchev–Trinajstić information content (AvgIpc) is 2.65. The molecule has 0 heterocycles. The molecule has 7 heteroatoms. The number of ether oxygens (including phenoxy) is 2. The largest absolute Gasteiger partial charge is 0.497 e. The molecule has 2 aromatic rings. The normalized spacial score (nSPS) is 11.5. The Hall–Kier alpha value is -3.09. The van der Waals surface area contributed by atoms with Crippen molar-refractivity contribution in [3.63, 3.8) is 0 Å². The Kier molecular flexibility index (Phi) is 7.61. The van der Waals surface area contributed by atoms with Crippen molar-refractivity contribution in [3.05, 3.63) is 59.9 Å². The molecule has 0 saturated heterocycles. The number of amides is 1. The number of nitrogens with one attached hydrogen (secondary N) is 1. The van der Waals surface area contributed by atoms with Gasteiger partial charge in [-0.25, -0.2) is 4.39 Å². The molecule has 1 atom stereocenters. The van der Waals surface area contributed by atoms with E-state index in [1.807, 2.05) is 0 Å². The lowest BCUT2D eigenvalue weighted by Gasteiger charge is -2.17. The summed E-state index contributed by atoms with van der Waals surface area (Å²) in [6.45, 7) is 0.347. The quantitative estimate of drug-likeness (QED) is 0.622. The van der Waals surface area contributed by atoms with Crippen molar-refractivity contribution in [2.24, 2.45) is 0 Å². The van der Waals surface area contributed by atoms with Crippen LogP contribution < -0.4 is 14.8 Å². The summed E-state index contributed by atoms with van der Waals surface area (Å²) >= 11 is 0. The van der Waals surface area contributed by atoms with Gasteiger partial charge in [-0.15, -0.1) is 0 Å². The highest BCUT2D eigenvalue weighted by molar-refractivity contribution is 5.77. The Labute approximate surface area is 156 Å². The zero-order valence-electron chi connectivity index (χ0n) is 15.0. The summed E-state index contributed by atoms with van der Waals surface area (Å²) in [5.41, 5.74) is 0.543. The number of carbonyl (C=O) groups excluding carboxylic acids is 1. The van der Waals surface area contributed by atoms with E-state index in [1.54, 1.807) is 31.4 Å². The van der Waals surface area contributed by atoms with E-state index in [2.05, 4.69) is 5.32 Å². The van der Waals surface area contributed by atoms with Crippen LogP contribution in [-0.4, -0.2) is 30.7 Å². The molecule has 144 valence electrons. The number of halogens is 1. The summed E-state index contributed by atoms with van der Waals surface area (Å²) < 4.78 is 23.7. The van der Waals surface area contributed by atoms with Gasteiger partial charge in [-0.05, 0) is 48.4 Å². The molecule has 1 unspecified atom stereocenters. The lowest BCUT2D eigenvalue weighted by atomic mass is 10.0. The Bertz CT molecular complexity index is 746. The van der Waals surface area contributed by atoms with Gasteiger partial charge >= 0.3 is 5.97 Å². The number of carboxylic acid groups (broad SMARTS) is 1. The molecule has 0 aliphatic rings. The van der Waals surface area contributed by atoms with Gasteiger partial charge in [0.25, 0.3) is 0 Å². The maximum atomic E-state index is 13.0. The second kappa shape index (κ2) is 10.2. The van der Waals surface area contributed by atoms with Gasteiger partial charge in [-0.3, -0.25) is 9.59 Å². The number of methoxy groups -OCH3 is 1. The summed E-state index contributed by atoms with van der Waals surface area (Å²) in [5, 5.41) is 11.7. The van der Waals surface area contributed by atoms with Gasteiger partial charge in [0.2, 0.25) is 5.91 Å². The molecular formula is C20H22FNO5. The SMILES string of the molecule is COc1ccc(OCCCC(=O)NC(CC(=O)O)c2ccc(F)cc2)cc1. The molecule has 2 N–H and O–H groups in total. The molecule has 1 amide bonds. The van der Waals surface area contributed by atoms with Crippen LogP contribution in [0.15, 0.2) is 48.5 Å². The third-order valence-corrected chi connectivity index (χ3v) is 3.86. The minimum absolute atomic E-state index is 0.188. The van der Waals surface area contributed by atoms with Crippen molar-refractivity contribution in [3.8, 4) is 11.5 Å². The van der Waals surface area contributed by atoms with Crippen LogP contribution in [0.3, 0.4) is 0 Å². The highest BCUT2D eigenvalue weighted by Gasteiger charge is 2.18. The third kappa shape index (κ3) is 6.97. The van der Waals surface area contributed by atoms with Crippen molar-refractivity contribution in [2.75, 3.05) is 13.7 Å². The maximum Gasteiger partial charge on any atom is 0.305 e. The van der Waals surface area contributed by atoms with Crippen molar-refractivity contribution < 1.29 is 28.6 Å². The van der Waals surface area contributed by atoms with Gasteiger partial charge in [-0.2, -0.15) is 0 Å². The second-order valence-corrected chi connectivity index (χ2v) is 5.90. The highest BCUT2D eigenvalue weighted by Crippen LogP contribution is 2.19. The van der Waals surface area contributed by atoms with Crippen LogP contribution in [0.5, 0.6) is 11.5 Å². The molecule has 0 bridgehead atoms. The van der Waals surface area contributed by atoms with E-state index in [1.165, 1.54) is 24.3 Å². The van der Waals surface area contributed by atoms with Crippen LogP contribution in [0.25, 0.3) is 0 Å². The molecule has 6 nitrogen and oxygen atoms in total. The van der Waals surface area contributed by atoms with E-state index in [4.69, 9.17) is 14.6 Å². The minimum atomic E-state index is -1.05. The van der Waals surface area contributed by atoms with E-state index in [0.29, 0.717) is 24.3 Å². The lowest BCUT2D eigenvalue weighted by molar-refractivity contribution is -0.137. The van der Waals surface area contributed by atoms with E-state index in [0.717, 1.165) is 5.75 Å². The fourth-order valence-electron chi connectivity index (χ4n) is 2.48. The number of aliphatic carboxylic acids is 1. The van der Waals surface area contributed by atoms with Gasteiger partial charge < -0.3 is 19.9 Å². The number of carboxylic acids is 1. The molecule has 0 radical (unpaired) electrons. The Morgan fingerprint density at radius 1 is 1.07 bits per heavy atom. The minimum Gasteiger partial charge on any atom is -0.497 e. The highest BCUT2D eigenvalue weighted by atomic mass is 19.1. The summed E-state index contributed by atoms with van der Waals surface area (Å²) in [4.78, 5) is 23.2. The van der Waals surface area contributed by atoms with Crippen LogP contribution >= 0.6 is 0 Å².